The summed E-state index contributed by atoms with van der Waals surface area (Å²) in [6.07, 6.45) is 0. The van der Waals surface area contributed by atoms with Gasteiger partial charge in [-0.1, -0.05) is 28.9 Å². The highest BCUT2D eigenvalue weighted by molar-refractivity contribution is 6.30. The number of hydrogen-bond donors (Lipinski definition) is 1. The standard InChI is InChI=1S/C18H14ClNO4/c1-11-8-18(21)24-17-7-6-14(9-15(11)17)23-10-16(20-22)12-2-4-13(19)5-3-12/h2-9,22H,10H2,1H3/b20-16+. The maximum absolute atomic E-state index is 11.4. The quantitative estimate of drug-likeness (QED) is 0.336. The molecule has 0 aliphatic heterocycles. The molecule has 0 saturated heterocycles. The van der Waals surface area contributed by atoms with Crippen molar-refractivity contribution < 1.29 is 14.4 Å². The average Bonchev–Trinajstić information content (AvgIpc) is 2.57. The van der Waals surface area contributed by atoms with Crippen LogP contribution in [0.4, 0.5) is 0 Å². The first-order valence-corrected chi connectivity index (χ1v) is 7.59. The van der Waals surface area contributed by atoms with E-state index in [4.69, 9.17) is 20.8 Å². The number of aryl methyl sites for hydroxylation is 1. The molecule has 0 spiro atoms. The monoisotopic (exact) mass is 343 g/mol. The molecule has 0 aliphatic rings. The number of halogens is 1. The zero-order valence-electron chi connectivity index (χ0n) is 12.8. The van der Waals surface area contributed by atoms with E-state index >= 15 is 0 Å². The van der Waals surface area contributed by atoms with E-state index in [1.165, 1.54) is 6.07 Å². The Morgan fingerprint density at radius 1 is 1.21 bits per heavy atom. The molecule has 0 unspecified atom stereocenters. The van der Waals surface area contributed by atoms with Crippen molar-refractivity contribution in [1.82, 2.24) is 0 Å². The fraction of sp³-hybridized carbons (Fsp3) is 0.111. The SMILES string of the molecule is Cc1cc(=O)oc2ccc(OC/C(=N\O)c3ccc(Cl)cc3)cc12. The van der Waals surface area contributed by atoms with E-state index < -0.39 is 0 Å². The Labute approximate surface area is 142 Å². The summed E-state index contributed by atoms with van der Waals surface area (Å²) in [7, 11) is 0. The molecule has 0 saturated carbocycles. The van der Waals surface area contributed by atoms with Crippen molar-refractivity contribution in [1.29, 1.82) is 0 Å². The summed E-state index contributed by atoms with van der Waals surface area (Å²) in [5.41, 5.74) is 2.01. The summed E-state index contributed by atoms with van der Waals surface area (Å²) in [5, 5.41) is 13.9. The van der Waals surface area contributed by atoms with Gasteiger partial charge in [-0.2, -0.15) is 0 Å². The van der Waals surface area contributed by atoms with Crippen LogP contribution in [0.2, 0.25) is 5.02 Å². The van der Waals surface area contributed by atoms with Gasteiger partial charge in [0.05, 0.1) is 0 Å². The largest absolute Gasteiger partial charge is 0.487 e. The fourth-order valence-corrected chi connectivity index (χ4v) is 2.48. The summed E-state index contributed by atoms with van der Waals surface area (Å²) in [6, 6.07) is 13.5. The van der Waals surface area contributed by atoms with Crippen LogP contribution in [-0.2, 0) is 0 Å². The second kappa shape index (κ2) is 6.76. The van der Waals surface area contributed by atoms with Crippen molar-refractivity contribution in [2.24, 2.45) is 5.16 Å². The van der Waals surface area contributed by atoms with E-state index in [2.05, 4.69) is 5.16 Å². The molecule has 6 heteroatoms. The van der Waals surface area contributed by atoms with Gasteiger partial charge in [-0.15, -0.1) is 0 Å². The predicted octanol–water partition coefficient (Wildman–Crippen LogP) is 4.01. The minimum Gasteiger partial charge on any atom is -0.487 e. The van der Waals surface area contributed by atoms with E-state index in [9.17, 15) is 10.0 Å². The van der Waals surface area contributed by atoms with E-state index in [0.29, 0.717) is 27.6 Å². The molecular formula is C18H14ClNO4. The molecule has 122 valence electrons. The Hall–Kier alpha value is -2.79. The van der Waals surface area contributed by atoms with Gasteiger partial charge in [-0.25, -0.2) is 4.79 Å². The molecule has 0 bridgehead atoms. The molecule has 24 heavy (non-hydrogen) atoms. The van der Waals surface area contributed by atoms with Crippen LogP contribution in [-0.4, -0.2) is 17.5 Å². The number of oxime groups is 1. The third-order valence-electron chi connectivity index (χ3n) is 3.59. The van der Waals surface area contributed by atoms with Gasteiger partial charge in [0.15, 0.2) is 0 Å². The highest BCUT2D eigenvalue weighted by Gasteiger charge is 2.08. The lowest BCUT2D eigenvalue weighted by Gasteiger charge is -2.09. The van der Waals surface area contributed by atoms with Crippen LogP contribution in [0.3, 0.4) is 0 Å². The molecule has 5 nitrogen and oxygen atoms in total. The normalized spacial score (nSPS) is 11.7. The smallest absolute Gasteiger partial charge is 0.336 e. The highest BCUT2D eigenvalue weighted by Crippen LogP contribution is 2.22. The van der Waals surface area contributed by atoms with Gasteiger partial charge in [0, 0.05) is 22.0 Å². The van der Waals surface area contributed by atoms with Crippen LogP contribution in [0.1, 0.15) is 11.1 Å². The third-order valence-corrected chi connectivity index (χ3v) is 3.85. The molecule has 0 aliphatic carbocycles. The Balaban J connectivity index is 1.82. The lowest BCUT2D eigenvalue weighted by atomic mass is 10.1. The van der Waals surface area contributed by atoms with Crippen molar-refractivity contribution in [2.75, 3.05) is 6.61 Å². The number of ether oxygens (including phenoxy) is 1. The molecule has 2 aromatic carbocycles. The van der Waals surface area contributed by atoms with Gasteiger partial charge in [-0.3, -0.25) is 0 Å². The Kier molecular flexibility index (Phi) is 4.53. The van der Waals surface area contributed by atoms with E-state index in [1.54, 1.807) is 42.5 Å². The van der Waals surface area contributed by atoms with Gasteiger partial charge < -0.3 is 14.4 Å². The second-order valence-electron chi connectivity index (χ2n) is 5.25. The Bertz CT molecular complexity index is 961. The highest BCUT2D eigenvalue weighted by atomic mass is 35.5. The van der Waals surface area contributed by atoms with Crippen LogP contribution in [0.15, 0.2) is 62.9 Å². The van der Waals surface area contributed by atoms with Crippen molar-refractivity contribution in [3.63, 3.8) is 0 Å². The van der Waals surface area contributed by atoms with Crippen LogP contribution >= 0.6 is 11.6 Å². The van der Waals surface area contributed by atoms with E-state index in [0.717, 1.165) is 10.9 Å². The minimum absolute atomic E-state index is 0.0828. The number of fused-ring (bicyclic) bond motifs is 1. The van der Waals surface area contributed by atoms with Crippen LogP contribution in [0, 0.1) is 6.92 Å². The molecular weight excluding hydrogens is 330 g/mol. The van der Waals surface area contributed by atoms with Crippen molar-refractivity contribution in [3.05, 3.63) is 75.1 Å². The van der Waals surface area contributed by atoms with E-state index in [1.807, 2.05) is 6.92 Å². The topological polar surface area (TPSA) is 72.0 Å². The van der Waals surface area contributed by atoms with Crippen LogP contribution in [0.25, 0.3) is 11.0 Å². The maximum atomic E-state index is 11.4. The summed E-state index contributed by atoms with van der Waals surface area (Å²) in [4.78, 5) is 11.4. The van der Waals surface area contributed by atoms with Crippen molar-refractivity contribution >= 4 is 28.3 Å². The number of hydrogen-bond acceptors (Lipinski definition) is 5. The average molecular weight is 344 g/mol. The molecule has 0 radical (unpaired) electrons. The van der Waals surface area contributed by atoms with Gasteiger partial charge >= 0.3 is 5.63 Å². The molecule has 1 aromatic heterocycles. The minimum atomic E-state index is -0.383. The zero-order valence-corrected chi connectivity index (χ0v) is 13.6. The third kappa shape index (κ3) is 3.41. The first kappa shape index (κ1) is 16.1. The summed E-state index contributed by atoms with van der Waals surface area (Å²) < 4.78 is 10.8. The zero-order chi connectivity index (χ0) is 17.1. The van der Waals surface area contributed by atoms with Gasteiger partial charge in [0.25, 0.3) is 0 Å². The van der Waals surface area contributed by atoms with Crippen molar-refractivity contribution in [2.45, 2.75) is 6.92 Å². The van der Waals surface area contributed by atoms with E-state index in [-0.39, 0.29) is 12.2 Å². The molecule has 3 aromatic rings. The first-order chi connectivity index (χ1) is 11.6. The summed E-state index contributed by atoms with van der Waals surface area (Å²) in [6.45, 7) is 1.91. The summed E-state index contributed by atoms with van der Waals surface area (Å²) >= 11 is 5.85. The van der Waals surface area contributed by atoms with Gasteiger partial charge in [0.2, 0.25) is 0 Å². The molecule has 1 heterocycles. The second-order valence-corrected chi connectivity index (χ2v) is 5.69. The van der Waals surface area contributed by atoms with Gasteiger partial charge in [-0.05, 0) is 42.8 Å². The number of rotatable bonds is 4. The summed E-state index contributed by atoms with van der Waals surface area (Å²) in [5.74, 6) is 0.578. The van der Waals surface area contributed by atoms with Crippen molar-refractivity contribution in [3.8, 4) is 5.75 Å². The number of benzene rings is 2. The lowest BCUT2D eigenvalue weighted by Crippen LogP contribution is -2.13. The molecule has 3 rings (SSSR count). The fourth-order valence-electron chi connectivity index (χ4n) is 2.35. The first-order valence-electron chi connectivity index (χ1n) is 7.21. The Morgan fingerprint density at radius 2 is 1.96 bits per heavy atom. The molecule has 0 atom stereocenters. The number of nitrogens with zero attached hydrogens (tertiary/aromatic N) is 1. The van der Waals surface area contributed by atoms with Crippen LogP contribution in [0.5, 0.6) is 5.75 Å². The van der Waals surface area contributed by atoms with Crippen LogP contribution < -0.4 is 10.4 Å². The molecule has 1 N–H and O–H groups in total. The predicted molar refractivity (Wildman–Crippen MR) is 92.5 cm³/mol. The Morgan fingerprint density at radius 3 is 2.67 bits per heavy atom. The maximum Gasteiger partial charge on any atom is 0.336 e. The lowest BCUT2D eigenvalue weighted by molar-refractivity contribution is 0.308. The van der Waals surface area contributed by atoms with Gasteiger partial charge in [0.1, 0.15) is 23.7 Å². The molecule has 0 fully saturated rings. The molecule has 0 amide bonds.